The molecule has 0 radical (unpaired) electrons. The third-order valence-electron chi connectivity index (χ3n) is 8.54. The van der Waals surface area contributed by atoms with E-state index in [1.807, 2.05) is 11.0 Å². The molecule has 1 amide bonds. The lowest BCUT2D eigenvalue weighted by Gasteiger charge is -2.38. The summed E-state index contributed by atoms with van der Waals surface area (Å²) in [6, 6.07) is 8.00. The first-order valence-corrected chi connectivity index (χ1v) is 15.9. The third kappa shape index (κ3) is 4.54. The average Bonchev–Trinajstić information content (AvgIpc) is 3.75. The molecule has 1 aromatic carbocycles. The Balaban J connectivity index is 1.26. The van der Waals surface area contributed by atoms with Gasteiger partial charge in [-0.1, -0.05) is 6.07 Å². The van der Waals surface area contributed by atoms with E-state index in [4.69, 9.17) is 15.5 Å². The number of aromatic nitrogens is 7. The van der Waals surface area contributed by atoms with E-state index >= 15 is 0 Å². The number of rotatable bonds is 6. The van der Waals surface area contributed by atoms with Crippen molar-refractivity contribution in [3.05, 3.63) is 66.1 Å². The van der Waals surface area contributed by atoms with Crippen molar-refractivity contribution in [2.45, 2.75) is 48.6 Å². The number of nitrogens with zero attached hydrogens (tertiary/aromatic N) is 7. The number of anilines is 1. The highest BCUT2D eigenvalue weighted by Gasteiger charge is 2.46. The van der Waals surface area contributed by atoms with Crippen LogP contribution in [0, 0.1) is 5.82 Å². The Hall–Kier alpha value is -4.92. The summed E-state index contributed by atoms with van der Waals surface area (Å²) in [6.07, 6.45) is 8.38. The van der Waals surface area contributed by atoms with Crippen molar-refractivity contribution >= 4 is 27.2 Å². The van der Waals surface area contributed by atoms with E-state index in [9.17, 15) is 17.6 Å². The highest BCUT2D eigenvalue weighted by atomic mass is 32.2. The Labute approximate surface area is 251 Å². The third-order valence-corrected chi connectivity index (χ3v) is 9.70. The van der Waals surface area contributed by atoms with Crippen molar-refractivity contribution in [2.24, 2.45) is 0 Å². The van der Waals surface area contributed by atoms with E-state index in [0.717, 1.165) is 19.1 Å². The zero-order valence-corrected chi connectivity index (χ0v) is 24.6. The van der Waals surface area contributed by atoms with Gasteiger partial charge >= 0.3 is 0 Å². The number of pyridine rings is 1. The van der Waals surface area contributed by atoms with Gasteiger partial charge in [0.05, 0.1) is 30.9 Å². The number of methoxy groups -OCH3 is 1. The van der Waals surface area contributed by atoms with Crippen LogP contribution in [0.4, 0.5) is 10.2 Å². The number of carbonyl (C=O) groups excluding carboxylic acids is 1. The maximum Gasteiger partial charge on any atom is 0.276 e. The second-order valence-corrected chi connectivity index (χ2v) is 13.1. The van der Waals surface area contributed by atoms with Crippen LogP contribution in [0.25, 0.3) is 28.0 Å². The van der Waals surface area contributed by atoms with Gasteiger partial charge in [0, 0.05) is 47.1 Å². The maximum atomic E-state index is 14.3. The minimum atomic E-state index is -3.79. The molecule has 2 bridgehead atoms. The van der Waals surface area contributed by atoms with Crippen molar-refractivity contribution in [1.29, 1.82) is 0 Å². The Bertz CT molecular complexity index is 2000. The number of halogens is 1. The number of nitrogens with one attached hydrogen (secondary N) is 1. The van der Waals surface area contributed by atoms with Gasteiger partial charge in [-0.3, -0.25) is 9.78 Å². The molecular weight excluding hydrogens is 589 g/mol. The molecule has 44 heavy (non-hydrogen) atoms. The van der Waals surface area contributed by atoms with Crippen LogP contribution < -0.4 is 10.5 Å². The predicted octanol–water partition coefficient (Wildman–Crippen LogP) is 3.26. The van der Waals surface area contributed by atoms with E-state index in [2.05, 4.69) is 25.5 Å². The first-order chi connectivity index (χ1) is 21.1. The molecular formula is C29H28FN9O4S. The van der Waals surface area contributed by atoms with Gasteiger partial charge in [0.15, 0.2) is 32.7 Å². The van der Waals surface area contributed by atoms with E-state index in [0.29, 0.717) is 46.6 Å². The fourth-order valence-corrected chi connectivity index (χ4v) is 7.66. The number of hydrogen-bond donors (Lipinski definition) is 2. The second kappa shape index (κ2) is 10.4. The molecule has 2 atom stereocenters. The minimum Gasteiger partial charge on any atom is -0.494 e. The largest absolute Gasteiger partial charge is 0.494 e. The van der Waals surface area contributed by atoms with Crippen LogP contribution in [-0.4, -0.2) is 79.7 Å². The Morgan fingerprint density at radius 3 is 2.45 bits per heavy atom. The predicted molar refractivity (Wildman–Crippen MR) is 157 cm³/mol. The number of aromatic amines is 1. The molecule has 226 valence electrons. The molecule has 3 N–H and O–H groups in total. The number of sulfone groups is 1. The standard InChI is InChI=1S/C29H28FN9O4S/c1-43-24-8-4-15(11-21(24)30)22-7-3-16(12-32-22)20-13-34-39-27(31)26(44(2,41)42)25(35-28(20)39)17-9-18-5-6-19(10-17)38(18)29(40)23-14-33-37-36-23/h3-4,7-8,11-14,17-19H,5-6,9-10,31H2,1-2H3,(H,33,36,37). The number of piperidine rings is 1. The van der Waals surface area contributed by atoms with Crippen LogP contribution in [-0.2, 0) is 9.84 Å². The van der Waals surface area contributed by atoms with Gasteiger partial charge in [0.2, 0.25) is 0 Å². The highest BCUT2D eigenvalue weighted by Crippen LogP contribution is 2.45. The summed E-state index contributed by atoms with van der Waals surface area (Å²) in [5.74, 6) is -0.814. The van der Waals surface area contributed by atoms with Crippen LogP contribution >= 0.6 is 0 Å². The summed E-state index contributed by atoms with van der Waals surface area (Å²) >= 11 is 0. The number of hydrogen-bond acceptors (Lipinski definition) is 10. The molecule has 2 aliphatic heterocycles. The average molecular weight is 618 g/mol. The fraction of sp³-hybridized carbons (Fsp3) is 0.310. The first-order valence-electron chi connectivity index (χ1n) is 14.0. The number of carbonyl (C=O) groups is 1. The number of amides is 1. The topological polar surface area (TPSA) is 174 Å². The van der Waals surface area contributed by atoms with Gasteiger partial charge < -0.3 is 15.4 Å². The van der Waals surface area contributed by atoms with Crippen LogP contribution in [0.1, 0.15) is 47.8 Å². The molecule has 0 aliphatic carbocycles. The quantitative estimate of drug-likeness (QED) is 0.288. The van der Waals surface area contributed by atoms with Crippen LogP contribution in [0.2, 0.25) is 0 Å². The molecule has 15 heteroatoms. The molecule has 7 rings (SSSR count). The molecule has 0 spiro atoms. The summed E-state index contributed by atoms with van der Waals surface area (Å²) < 4.78 is 46.8. The van der Waals surface area contributed by atoms with Crippen LogP contribution in [0.5, 0.6) is 5.75 Å². The molecule has 4 aromatic heterocycles. The minimum absolute atomic E-state index is 0.0227. The van der Waals surface area contributed by atoms with Gasteiger partial charge in [0.1, 0.15) is 10.7 Å². The van der Waals surface area contributed by atoms with E-state index in [1.54, 1.807) is 30.6 Å². The fourth-order valence-electron chi connectivity index (χ4n) is 6.60. The Kier molecular flexibility index (Phi) is 6.57. The summed E-state index contributed by atoms with van der Waals surface area (Å²) in [4.78, 5) is 24.4. The lowest BCUT2D eigenvalue weighted by molar-refractivity contribution is 0.0562. The SMILES string of the molecule is COc1ccc(-c2ccc(-c3cnn4c(N)c(S(C)(=O)=O)c(C5CC6CCC(C5)N6C(=O)c5cn[nH]n5)nc34)cn2)cc1F. The monoisotopic (exact) mass is 617 g/mol. The van der Waals surface area contributed by atoms with Crippen molar-refractivity contribution in [2.75, 3.05) is 19.1 Å². The van der Waals surface area contributed by atoms with E-state index in [1.165, 1.54) is 23.9 Å². The van der Waals surface area contributed by atoms with Crippen molar-refractivity contribution in [3.8, 4) is 28.1 Å². The summed E-state index contributed by atoms with van der Waals surface area (Å²) in [6.45, 7) is 0. The summed E-state index contributed by atoms with van der Waals surface area (Å²) in [5, 5.41) is 14.6. The lowest BCUT2D eigenvalue weighted by atomic mass is 9.87. The lowest BCUT2D eigenvalue weighted by Crippen LogP contribution is -2.46. The van der Waals surface area contributed by atoms with Gasteiger partial charge in [-0.15, -0.1) is 0 Å². The van der Waals surface area contributed by atoms with Crippen LogP contribution in [0.3, 0.4) is 0 Å². The van der Waals surface area contributed by atoms with Crippen molar-refractivity contribution < 1.29 is 22.3 Å². The van der Waals surface area contributed by atoms with Gasteiger partial charge in [-0.25, -0.2) is 17.8 Å². The number of benzene rings is 1. The number of fused-ring (bicyclic) bond motifs is 3. The molecule has 5 aromatic rings. The molecule has 2 fully saturated rings. The van der Waals surface area contributed by atoms with Crippen LogP contribution in [0.15, 0.2) is 53.8 Å². The number of ether oxygens (including phenoxy) is 1. The van der Waals surface area contributed by atoms with Gasteiger partial charge in [-0.05, 0) is 49.9 Å². The second-order valence-electron chi connectivity index (χ2n) is 11.2. The summed E-state index contributed by atoms with van der Waals surface area (Å²) in [7, 11) is -2.38. The maximum absolute atomic E-state index is 14.3. The molecule has 2 aliphatic rings. The first kappa shape index (κ1) is 27.9. The number of H-pyrrole nitrogens is 1. The smallest absolute Gasteiger partial charge is 0.276 e. The molecule has 2 unspecified atom stereocenters. The normalized spacial score (nSPS) is 19.9. The summed E-state index contributed by atoms with van der Waals surface area (Å²) in [5.41, 5.74) is 9.95. The Morgan fingerprint density at radius 2 is 1.84 bits per heavy atom. The molecule has 2 saturated heterocycles. The van der Waals surface area contributed by atoms with Gasteiger partial charge in [-0.2, -0.15) is 25.0 Å². The molecule has 6 heterocycles. The van der Waals surface area contributed by atoms with Crippen molar-refractivity contribution in [1.82, 2.24) is 39.9 Å². The van der Waals surface area contributed by atoms with Crippen molar-refractivity contribution in [3.63, 3.8) is 0 Å². The zero-order chi connectivity index (χ0) is 30.7. The van der Waals surface area contributed by atoms with E-state index in [-0.39, 0.29) is 46.1 Å². The number of nitrogens with two attached hydrogens (primary N) is 1. The highest BCUT2D eigenvalue weighted by molar-refractivity contribution is 7.91. The molecule has 0 saturated carbocycles. The zero-order valence-electron chi connectivity index (χ0n) is 23.8. The Morgan fingerprint density at radius 1 is 1.09 bits per heavy atom. The number of nitrogen functional groups attached to an aromatic ring is 1. The van der Waals surface area contributed by atoms with E-state index < -0.39 is 15.7 Å². The van der Waals surface area contributed by atoms with Gasteiger partial charge in [0.25, 0.3) is 5.91 Å². The molecule has 13 nitrogen and oxygen atoms in total.